The van der Waals surface area contributed by atoms with Gasteiger partial charge in [-0.1, -0.05) is 11.6 Å². The maximum Gasteiger partial charge on any atom is 0.0703 e. The van der Waals surface area contributed by atoms with Crippen molar-refractivity contribution in [2.24, 2.45) is 4.99 Å². The minimum Gasteiger partial charge on any atom is -0.228 e. The topological polar surface area (TPSA) is 12.4 Å². The van der Waals surface area contributed by atoms with Gasteiger partial charge in [-0.05, 0) is 37.9 Å². The molecule has 10 heavy (non-hydrogen) atoms. The molecule has 0 fully saturated rings. The average Bonchev–Trinajstić information content (AvgIpc) is 2.03. The summed E-state index contributed by atoms with van der Waals surface area (Å²) in [7, 11) is 0. The Morgan fingerprint density at radius 2 is 2.50 bits per heavy atom. The summed E-state index contributed by atoms with van der Waals surface area (Å²) in [5.74, 6) is 0. The van der Waals surface area contributed by atoms with Crippen LogP contribution in [-0.2, 0) is 0 Å². The van der Waals surface area contributed by atoms with E-state index < -0.39 is 0 Å². The summed E-state index contributed by atoms with van der Waals surface area (Å²) in [5, 5.41) is 2.38. The zero-order valence-electron chi connectivity index (χ0n) is 5.97. The SMILES string of the molecule is S=C=NCC1=CCCCC1. The first-order valence-corrected chi connectivity index (χ1v) is 4.06. The number of allylic oxidation sites excluding steroid dienone is 1. The van der Waals surface area contributed by atoms with E-state index in [4.69, 9.17) is 0 Å². The fraction of sp³-hybridized carbons (Fsp3) is 0.625. The number of aliphatic imine (C=N–C) groups is 1. The van der Waals surface area contributed by atoms with Crippen LogP contribution in [-0.4, -0.2) is 11.7 Å². The van der Waals surface area contributed by atoms with E-state index >= 15 is 0 Å². The van der Waals surface area contributed by atoms with Gasteiger partial charge in [0.1, 0.15) is 0 Å². The van der Waals surface area contributed by atoms with Crippen LogP contribution in [0.4, 0.5) is 0 Å². The first-order chi connectivity index (χ1) is 4.93. The van der Waals surface area contributed by atoms with Gasteiger partial charge in [-0.2, -0.15) is 0 Å². The molecule has 1 aliphatic rings. The lowest BCUT2D eigenvalue weighted by Gasteiger charge is -2.08. The predicted molar refractivity (Wildman–Crippen MR) is 46.4 cm³/mol. The quantitative estimate of drug-likeness (QED) is 0.337. The maximum absolute atomic E-state index is 4.48. The van der Waals surface area contributed by atoms with Crippen molar-refractivity contribution >= 4 is 17.4 Å². The van der Waals surface area contributed by atoms with E-state index in [2.05, 4.69) is 28.4 Å². The molecule has 0 aromatic heterocycles. The molecular formula is C8H11NS. The summed E-state index contributed by atoms with van der Waals surface area (Å²) in [5.41, 5.74) is 1.43. The van der Waals surface area contributed by atoms with E-state index in [1.165, 1.54) is 31.3 Å². The molecule has 1 rings (SSSR count). The molecule has 0 aromatic rings. The summed E-state index contributed by atoms with van der Waals surface area (Å²) >= 11 is 4.48. The zero-order valence-corrected chi connectivity index (χ0v) is 6.78. The van der Waals surface area contributed by atoms with Gasteiger partial charge in [0.25, 0.3) is 0 Å². The average molecular weight is 153 g/mol. The molecule has 0 aliphatic heterocycles. The molecule has 0 spiro atoms. The fourth-order valence-electron chi connectivity index (χ4n) is 1.18. The largest absolute Gasteiger partial charge is 0.228 e. The Hall–Kier alpha value is -0.460. The third kappa shape index (κ3) is 2.42. The molecule has 0 heterocycles. The molecule has 0 bridgehead atoms. The first-order valence-electron chi connectivity index (χ1n) is 3.65. The van der Waals surface area contributed by atoms with Crippen LogP contribution in [0.1, 0.15) is 25.7 Å². The van der Waals surface area contributed by atoms with Crippen molar-refractivity contribution in [1.29, 1.82) is 0 Å². The van der Waals surface area contributed by atoms with E-state index in [1.54, 1.807) is 0 Å². The Morgan fingerprint density at radius 1 is 1.60 bits per heavy atom. The van der Waals surface area contributed by atoms with Crippen molar-refractivity contribution in [3.63, 3.8) is 0 Å². The highest BCUT2D eigenvalue weighted by Crippen LogP contribution is 2.16. The van der Waals surface area contributed by atoms with Crippen LogP contribution in [0.3, 0.4) is 0 Å². The highest BCUT2D eigenvalue weighted by molar-refractivity contribution is 7.78. The molecule has 0 radical (unpaired) electrons. The highest BCUT2D eigenvalue weighted by Gasteiger charge is 2.00. The van der Waals surface area contributed by atoms with Gasteiger partial charge in [-0.3, -0.25) is 0 Å². The second-order valence-corrected chi connectivity index (χ2v) is 2.70. The van der Waals surface area contributed by atoms with Crippen molar-refractivity contribution in [1.82, 2.24) is 0 Å². The lowest BCUT2D eigenvalue weighted by atomic mass is 10.00. The molecule has 2 heteroatoms. The van der Waals surface area contributed by atoms with E-state index in [0.29, 0.717) is 0 Å². The van der Waals surface area contributed by atoms with Crippen LogP contribution in [0.15, 0.2) is 16.6 Å². The lowest BCUT2D eigenvalue weighted by molar-refractivity contribution is 0.692. The predicted octanol–water partition coefficient (Wildman–Crippen LogP) is 2.59. The Labute approximate surface area is 66.9 Å². The number of hydrogen-bond donors (Lipinski definition) is 0. The molecular weight excluding hydrogens is 142 g/mol. The number of thiocarbonyl (C=S) groups is 1. The molecule has 0 unspecified atom stereocenters. The molecule has 0 amide bonds. The lowest BCUT2D eigenvalue weighted by Crippen LogP contribution is -1.94. The van der Waals surface area contributed by atoms with Crippen molar-refractivity contribution in [3.05, 3.63) is 11.6 Å². The molecule has 1 aliphatic carbocycles. The maximum atomic E-state index is 4.48. The molecule has 0 N–H and O–H groups in total. The monoisotopic (exact) mass is 153 g/mol. The van der Waals surface area contributed by atoms with Gasteiger partial charge in [0.2, 0.25) is 0 Å². The van der Waals surface area contributed by atoms with Gasteiger partial charge < -0.3 is 0 Å². The van der Waals surface area contributed by atoms with Gasteiger partial charge in [0.15, 0.2) is 0 Å². The number of hydrogen-bond acceptors (Lipinski definition) is 2. The van der Waals surface area contributed by atoms with Gasteiger partial charge >= 0.3 is 0 Å². The van der Waals surface area contributed by atoms with Crippen LogP contribution in [0.5, 0.6) is 0 Å². The summed E-state index contributed by atoms with van der Waals surface area (Å²) in [6.07, 6.45) is 7.37. The van der Waals surface area contributed by atoms with Gasteiger partial charge in [0.05, 0.1) is 11.7 Å². The standard InChI is InChI=1S/C8H11NS/c10-7-9-6-8-4-2-1-3-5-8/h4H,1-3,5-6H2. The van der Waals surface area contributed by atoms with Crippen LogP contribution in [0.25, 0.3) is 0 Å². The summed E-state index contributed by atoms with van der Waals surface area (Å²) in [4.78, 5) is 3.89. The molecule has 0 aromatic carbocycles. The molecule has 54 valence electrons. The second kappa shape index (κ2) is 4.37. The van der Waals surface area contributed by atoms with E-state index in [0.717, 1.165) is 6.54 Å². The summed E-state index contributed by atoms with van der Waals surface area (Å²) < 4.78 is 0. The fourth-order valence-corrected chi connectivity index (χ4v) is 1.25. The zero-order chi connectivity index (χ0) is 7.23. The van der Waals surface area contributed by atoms with Crippen LogP contribution in [0, 0.1) is 0 Å². The Morgan fingerprint density at radius 3 is 3.10 bits per heavy atom. The molecule has 0 saturated carbocycles. The Balaban J connectivity index is 2.38. The number of isothiocyanates is 1. The van der Waals surface area contributed by atoms with Crippen LogP contribution in [0.2, 0.25) is 0 Å². The third-order valence-electron chi connectivity index (χ3n) is 1.73. The number of nitrogens with zero attached hydrogens (tertiary/aromatic N) is 1. The van der Waals surface area contributed by atoms with Crippen molar-refractivity contribution < 1.29 is 0 Å². The minimum atomic E-state index is 0.781. The Kier molecular flexibility index (Phi) is 3.34. The van der Waals surface area contributed by atoms with Crippen LogP contribution >= 0.6 is 12.2 Å². The molecule has 0 atom stereocenters. The smallest absolute Gasteiger partial charge is 0.0703 e. The van der Waals surface area contributed by atoms with Crippen molar-refractivity contribution in [3.8, 4) is 0 Å². The van der Waals surface area contributed by atoms with Gasteiger partial charge in [-0.15, -0.1) is 0 Å². The first kappa shape index (κ1) is 7.64. The van der Waals surface area contributed by atoms with Crippen molar-refractivity contribution in [2.45, 2.75) is 25.7 Å². The van der Waals surface area contributed by atoms with Gasteiger partial charge in [0, 0.05) is 0 Å². The van der Waals surface area contributed by atoms with E-state index in [1.807, 2.05) is 0 Å². The molecule has 0 saturated heterocycles. The summed E-state index contributed by atoms with van der Waals surface area (Å²) in [6, 6.07) is 0. The molecule has 1 nitrogen and oxygen atoms in total. The normalized spacial score (nSPS) is 17.4. The Bertz CT molecular complexity index is 178. The second-order valence-electron chi connectivity index (χ2n) is 2.52. The van der Waals surface area contributed by atoms with E-state index in [9.17, 15) is 0 Å². The van der Waals surface area contributed by atoms with Crippen molar-refractivity contribution in [2.75, 3.05) is 6.54 Å². The third-order valence-corrected chi connectivity index (χ3v) is 1.86. The number of rotatable bonds is 2. The van der Waals surface area contributed by atoms with Gasteiger partial charge in [-0.25, -0.2) is 4.99 Å². The van der Waals surface area contributed by atoms with Crippen LogP contribution < -0.4 is 0 Å². The highest BCUT2D eigenvalue weighted by atomic mass is 32.1. The van der Waals surface area contributed by atoms with E-state index in [-0.39, 0.29) is 0 Å². The minimum absolute atomic E-state index is 0.781. The summed E-state index contributed by atoms with van der Waals surface area (Å²) in [6.45, 7) is 0.781.